The molecular formula is C9H18N2. The second kappa shape index (κ2) is 3.11. The van der Waals surface area contributed by atoms with E-state index in [1.54, 1.807) is 0 Å². The molecule has 0 aromatic carbocycles. The maximum Gasteiger partial charge on any atom is 0.00205 e. The van der Waals surface area contributed by atoms with E-state index in [0.29, 0.717) is 5.41 Å². The predicted molar refractivity (Wildman–Crippen MR) is 46.6 cm³/mol. The first kappa shape index (κ1) is 7.56. The smallest absolute Gasteiger partial charge is 0.00205 e. The summed E-state index contributed by atoms with van der Waals surface area (Å²) >= 11 is 0. The summed E-state index contributed by atoms with van der Waals surface area (Å²) in [4.78, 5) is 0. The quantitative estimate of drug-likeness (QED) is 0.538. The van der Waals surface area contributed by atoms with E-state index in [1.807, 2.05) is 0 Å². The van der Waals surface area contributed by atoms with Gasteiger partial charge < -0.3 is 10.6 Å². The standard InChI is InChI=1S/C9H18N2/c1-2-5-10-7-9(3-1)4-6-11-8-9/h10-11H,1-8H2. The van der Waals surface area contributed by atoms with E-state index in [2.05, 4.69) is 10.6 Å². The summed E-state index contributed by atoms with van der Waals surface area (Å²) in [6.45, 7) is 4.98. The van der Waals surface area contributed by atoms with E-state index in [9.17, 15) is 0 Å². The van der Waals surface area contributed by atoms with Crippen molar-refractivity contribution in [3.8, 4) is 0 Å². The molecule has 1 unspecified atom stereocenters. The van der Waals surface area contributed by atoms with Gasteiger partial charge in [0.15, 0.2) is 0 Å². The molecule has 0 bridgehead atoms. The second-order valence-electron chi connectivity index (χ2n) is 4.06. The Kier molecular flexibility index (Phi) is 2.14. The van der Waals surface area contributed by atoms with Crippen LogP contribution in [0.5, 0.6) is 0 Å². The fraction of sp³-hybridized carbons (Fsp3) is 1.00. The first-order valence-electron chi connectivity index (χ1n) is 4.83. The predicted octanol–water partition coefficient (Wildman–Crippen LogP) is 0.740. The van der Waals surface area contributed by atoms with Crippen LogP contribution >= 0.6 is 0 Å². The van der Waals surface area contributed by atoms with E-state index in [0.717, 1.165) is 0 Å². The number of rotatable bonds is 0. The van der Waals surface area contributed by atoms with Crippen molar-refractivity contribution in [2.45, 2.75) is 25.7 Å². The van der Waals surface area contributed by atoms with E-state index < -0.39 is 0 Å². The van der Waals surface area contributed by atoms with Crippen LogP contribution in [-0.2, 0) is 0 Å². The fourth-order valence-electron chi connectivity index (χ4n) is 2.35. The van der Waals surface area contributed by atoms with Gasteiger partial charge in [0.1, 0.15) is 0 Å². The molecule has 2 nitrogen and oxygen atoms in total. The van der Waals surface area contributed by atoms with Crippen LogP contribution in [0.15, 0.2) is 0 Å². The molecule has 0 amide bonds. The summed E-state index contributed by atoms with van der Waals surface area (Å²) in [5.41, 5.74) is 0.635. The van der Waals surface area contributed by atoms with E-state index >= 15 is 0 Å². The van der Waals surface area contributed by atoms with Gasteiger partial charge in [-0.05, 0) is 37.8 Å². The van der Waals surface area contributed by atoms with Crippen molar-refractivity contribution >= 4 is 0 Å². The molecule has 2 rings (SSSR count). The first-order valence-corrected chi connectivity index (χ1v) is 4.83. The van der Waals surface area contributed by atoms with Crippen molar-refractivity contribution < 1.29 is 0 Å². The number of nitrogens with one attached hydrogen (secondary N) is 2. The second-order valence-corrected chi connectivity index (χ2v) is 4.06. The largest absolute Gasteiger partial charge is 0.316 e. The Morgan fingerprint density at radius 2 is 1.64 bits per heavy atom. The highest BCUT2D eigenvalue weighted by Crippen LogP contribution is 2.31. The van der Waals surface area contributed by atoms with E-state index in [4.69, 9.17) is 0 Å². The minimum absolute atomic E-state index is 0.635. The van der Waals surface area contributed by atoms with Crippen LogP contribution in [0.2, 0.25) is 0 Å². The SMILES string of the molecule is C1CCC2(CCNC2)CNC1. The van der Waals surface area contributed by atoms with Gasteiger partial charge in [-0.1, -0.05) is 6.42 Å². The average molecular weight is 154 g/mol. The van der Waals surface area contributed by atoms with Gasteiger partial charge in [-0.15, -0.1) is 0 Å². The normalized spacial score (nSPS) is 39.3. The lowest BCUT2D eigenvalue weighted by Gasteiger charge is -2.25. The molecular weight excluding hydrogens is 136 g/mol. The fourth-order valence-corrected chi connectivity index (χ4v) is 2.35. The number of hydrogen-bond donors (Lipinski definition) is 2. The molecule has 0 aromatic heterocycles. The van der Waals surface area contributed by atoms with Gasteiger partial charge in [0, 0.05) is 13.1 Å². The topological polar surface area (TPSA) is 24.1 Å². The number of hydrogen-bond acceptors (Lipinski definition) is 2. The monoisotopic (exact) mass is 154 g/mol. The summed E-state index contributed by atoms with van der Waals surface area (Å²) in [5.74, 6) is 0. The molecule has 2 aliphatic heterocycles. The molecule has 64 valence electrons. The Bertz CT molecular complexity index is 118. The summed E-state index contributed by atoms with van der Waals surface area (Å²) < 4.78 is 0. The zero-order valence-corrected chi connectivity index (χ0v) is 7.16. The van der Waals surface area contributed by atoms with Gasteiger partial charge in [-0.3, -0.25) is 0 Å². The maximum atomic E-state index is 3.54. The van der Waals surface area contributed by atoms with Crippen molar-refractivity contribution in [3.63, 3.8) is 0 Å². The Balaban J connectivity index is 1.97. The van der Waals surface area contributed by atoms with Gasteiger partial charge in [-0.2, -0.15) is 0 Å². The van der Waals surface area contributed by atoms with Crippen molar-refractivity contribution in [2.24, 2.45) is 5.41 Å². The molecule has 1 atom stereocenters. The minimum Gasteiger partial charge on any atom is -0.316 e. The molecule has 0 aliphatic carbocycles. The van der Waals surface area contributed by atoms with Gasteiger partial charge in [0.2, 0.25) is 0 Å². The minimum atomic E-state index is 0.635. The highest BCUT2D eigenvalue weighted by molar-refractivity contribution is 4.90. The summed E-state index contributed by atoms with van der Waals surface area (Å²) in [5, 5.41) is 7.01. The van der Waals surface area contributed by atoms with Gasteiger partial charge in [-0.25, -0.2) is 0 Å². The van der Waals surface area contributed by atoms with Gasteiger partial charge in [0.25, 0.3) is 0 Å². The zero-order valence-electron chi connectivity index (χ0n) is 7.16. The van der Waals surface area contributed by atoms with Crippen molar-refractivity contribution in [2.75, 3.05) is 26.2 Å². The van der Waals surface area contributed by atoms with Crippen LogP contribution in [0.4, 0.5) is 0 Å². The first-order chi connectivity index (χ1) is 5.41. The van der Waals surface area contributed by atoms with Crippen molar-refractivity contribution in [1.29, 1.82) is 0 Å². The lowest BCUT2D eigenvalue weighted by atomic mass is 9.83. The molecule has 2 aliphatic rings. The van der Waals surface area contributed by atoms with Gasteiger partial charge in [0.05, 0.1) is 0 Å². The molecule has 0 radical (unpaired) electrons. The summed E-state index contributed by atoms with van der Waals surface area (Å²) in [7, 11) is 0. The molecule has 2 heteroatoms. The Morgan fingerprint density at radius 1 is 0.818 bits per heavy atom. The van der Waals surface area contributed by atoms with Crippen LogP contribution < -0.4 is 10.6 Å². The third kappa shape index (κ3) is 1.57. The summed E-state index contributed by atoms with van der Waals surface area (Å²) in [6.07, 6.45) is 5.63. The van der Waals surface area contributed by atoms with Crippen LogP contribution in [0.25, 0.3) is 0 Å². The highest BCUT2D eigenvalue weighted by atomic mass is 15.0. The van der Waals surface area contributed by atoms with E-state index in [-0.39, 0.29) is 0 Å². The van der Waals surface area contributed by atoms with E-state index in [1.165, 1.54) is 51.9 Å². The van der Waals surface area contributed by atoms with Crippen LogP contribution in [-0.4, -0.2) is 26.2 Å². The molecule has 11 heavy (non-hydrogen) atoms. The Morgan fingerprint density at radius 3 is 2.36 bits per heavy atom. The van der Waals surface area contributed by atoms with Gasteiger partial charge >= 0.3 is 0 Å². The summed E-state index contributed by atoms with van der Waals surface area (Å²) in [6, 6.07) is 0. The molecule has 1 spiro atoms. The highest BCUT2D eigenvalue weighted by Gasteiger charge is 2.33. The molecule has 2 saturated heterocycles. The Hall–Kier alpha value is -0.0800. The van der Waals surface area contributed by atoms with Crippen LogP contribution in [0, 0.1) is 5.41 Å². The van der Waals surface area contributed by atoms with Crippen LogP contribution in [0.3, 0.4) is 0 Å². The van der Waals surface area contributed by atoms with Crippen molar-refractivity contribution in [3.05, 3.63) is 0 Å². The molecule has 0 aromatic rings. The molecule has 2 N–H and O–H groups in total. The van der Waals surface area contributed by atoms with Crippen LogP contribution in [0.1, 0.15) is 25.7 Å². The molecule has 2 fully saturated rings. The third-order valence-corrected chi connectivity index (χ3v) is 3.14. The molecule has 0 saturated carbocycles. The average Bonchev–Trinajstić information content (AvgIpc) is 2.32. The van der Waals surface area contributed by atoms with Crippen molar-refractivity contribution in [1.82, 2.24) is 10.6 Å². The molecule has 2 heterocycles. The maximum absolute atomic E-state index is 3.54. The zero-order chi connectivity index (χ0) is 7.57. The lowest BCUT2D eigenvalue weighted by Crippen LogP contribution is -2.34. The Labute approximate surface area is 68.7 Å². The third-order valence-electron chi connectivity index (χ3n) is 3.14. The lowest BCUT2D eigenvalue weighted by molar-refractivity contribution is 0.296.